The number of hydroxylamine groups is 1. The molecule has 1 aromatic carbocycles. The highest BCUT2D eigenvalue weighted by atomic mass is 16.7. The summed E-state index contributed by atoms with van der Waals surface area (Å²) in [5.74, 6) is -0.760. The molecule has 1 aliphatic rings. The van der Waals surface area contributed by atoms with Gasteiger partial charge in [-0.2, -0.15) is 5.48 Å². The lowest BCUT2D eigenvalue weighted by molar-refractivity contribution is -0.384. The Morgan fingerprint density at radius 1 is 1.56 bits per heavy atom. The van der Waals surface area contributed by atoms with Crippen molar-refractivity contribution in [2.75, 3.05) is 0 Å². The summed E-state index contributed by atoms with van der Waals surface area (Å²) in [5.41, 5.74) is 7.35. The number of benzene rings is 1. The molecule has 1 aliphatic heterocycles. The smallest absolute Gasteiger partial charge is 0.287 e. The molecule has 8 nitrogen and oxygen atoms in total. The number of carbonyl (C=O) groups excluding carboxylic acids is 1. The Morgan fingerprint density at radius 2 is 2.31 bits per heavy atom. The lowest BCUT2D eigenvalue weighted by atomic mass is 10.2. The zero-order valence-corrected chi connectivity index (χ0v) is 7.84. The largest absolute Gasteiger partial charge is 0.378 e. The number of primary amides is 1. The Kier molecular flexibility index (Phi) is 2.16. The van der Waals surface area contributed by atoms with Gasteiger partial charge >= 0.3 is 0 Å². The number of aliphatic imine (C=N–C) groups is 1. The number of nitrogens with one attached hydrogen (secondary N) is 1. The molecule has 0 unspecified atom stereocenters. The first kappa shape index (κ1) is 9.90. The van der Waals surface area contributed by atoms with Gasteiger partial charge in [0.15, 0.2) is 5.75 Å². The quantitative estimate of drug-likeness (QED) is 0.539. The van der Waals surface area contributed by atoms with Gasteiger partial charge in [-0.15, -0.1) is 0 Å². The summed E-state index contributed by atoms with van der Waals surface area (Å²) in [5, 5.41) is 10.5. The van der Waals surface area contributed by atoms with Crippen molar-refractivity contribution in [3.63, 3.8) is 0 Å². The number of nitro benzene ring substituents is 1. The normalized spacial score (nSPS) is 12.9. The van der Waals surface area contributed by atoms with Crippen LogP contribution in [0, 0.1) is 10.1 Å². The zero-order chi connectivity index (χ0) is 11.7. The van der Waals surface area contributed by atoms with Gasteiger partial charge in [-0.25, -0.2) is 4.99 Å². The van der Waals surface area contributed by atoms with Crippen LogP contribution in [0.3, 0.4) is 0 Å². The molecule has 0 saturated carbocycles. The first-order valence-corrected chi connectivity index (χ1v) is 4.18. The highest BCUT2D eigenvalue weighted by molar-refractivity contribution is 6.37. The van der Waals surface area contributed by atoms with Crippen LogP contribution in [0.5, 0.6) is 5.75 Å². The molecule has 0 saturated heterocycles. The fraction of sp³-hybridized carbons (Fsp3) is 0. The van der Waals surface area contributed by atoms with E-state index in [1.807, 2.05) is 0 Å². The van der Waals surface area contributed by atoms with Crippen LogP contribution in [-0.2, 0) is 4.79 Å². The molecule has 0 atom stereocenters. The van der Waals surface area contributed by atoms with Crippen LogP contribution < -0.4 is 16.1 Å². The van der Waals surface area contributed by atoms with Crippen molar-refractivity contribution in [2.24, 2.45) is 10.7 Å². The van der Waals surface area contributed by atoms with Crippen LogP contribution in [0.2, 0.25) is 0 Å². The molecule has 0 aromatic heterocycles. The molecule has 1 aromatic rings. The number of rotatable bonds is 2. The van der Waals surface area contributed by atoms with E-state index in [-0.39, 0.29) is 17.3 Å². The van der Waals surface area contributed by atoms with Gasteiger partial charge in [0.25, 0.3) is 11.6 Å². The van der Waals surface area contributed by atoms with Gasteiger partial charge in [0.1, 0.15) is 5.69 Å². The Bertz CT molecular complexity index is 511. The van der Waals surface area contributed by atoms with Gasteiger partial charge in [-0.05, 0) is 6.07 Å². The summed E-state index contributed by atoms with van der Waals surface area (Å²) in [7, 11) is 0. The summed E-state index contributed by atoms with van der Waals surface area (Å²) in [6.07, 6.45) is 0. The average Bonchev–Trinajstić information content (AvgIpc) is 2.27. The molecule has 0 radical (unpaired) electrons. The lowest BCUT2D eigenvalue weighted by Gasteiger charge is -2.15. The van der Waals surface area contributed by atoms with E-state index in [1.54, 1.807) is 0 Å². The Labute approximate surface area is 88.8 Å². The molecule has 0 spiro atoms. The molecule has 1 amide bonds. The highest BCUT2D eigenvalue weighted by Crippen LogP contribution is 2.32. The first-order chi connectivity index (χ1) is 7.58. The standard InChI is InChI=1S/C8H6N4O4/c9-7(13)8-10-5-2-1-4(12(14)15)3-6(5)16-11-8/h1-3H,(H2,9,13)(H,10,11). The van der Waals surface area contributed by atoms with Gasteiger partial charge in [0.2, 0.25) is 5.84 Å². The molecule has 0 fully saturated rings. The summed E-state index contributed by atoms with van der Waals surface area (Å²) >= 11 is 0. The summed E-state index contributed by atoms with van der Waals surface area (Å²) in [6.45, 7) is 0. The Morgan fingerprint density at radius 3 is 2.94 bits per heavy atom. The third-order valence-corrected chi connectivity index (χ3v) is 1.88. The molecular formula is C8H6N4O4. The fourth-order valence-electron chi connectivity index (χ4n) is 1.14. The summed E-state index contributed by atoms with van der Waals surface area (Å²) in [6, 6.07) is 3.83. The molecule has 3 N–H and O–H groups in total. The molecule has 8 heteroatoms. The van der Waals surface area contributed by atoms with E-state index in [2.05, 4.69) is 10.5 Å². The number of non-ortho nitro benzene ring substituents is 1. The number of hydrogen-bond acceptors (Lipinski definition) is 6. The van der Waals surface area contributed by atoms with E-state index >= 15 is 0 Å². The number of carbonyl (C=O) groups is 1. The third kappa shape index (κ3) is 1.63. The number of amides is 1. The molecule has 0 aliphatic carbocycles. The van der Waals surface area contributed by atoms with E-state index in [4.69, 9.17) is 10.6 Å². The fourth-order valence-corrected chi connectivity index (χ4v) is 1.14. The van der Waals surface area contributed by atoms with Crippen LogP contribution in [0.1, 0.15) is 0 Å². The van der Waals surface area contributed by atoms with Gasteiger partial charge in [-0.3, -0.25) is 14.9 Å². The van der Waals surface area contributed by atoms with Crippen molar-refractivity contribution < 1.29 is 14.6 Å². The maximum Gasteiger partial charge on any atom is 0.287 e. The van der Waals surface area contributed by atoms with Crippen LogP contribution >= 0.6 is 0 Å². The zero-order valence-electron chi connectivity index (χ0n) is 7.84. The van der Waals surface area contributed by atoms with Crippen molar-refractivity contribution in [1.82, 2.24) is 5.48 Å². The number of amidine groups is 1. The molecule has 16 heavy (non-hydrogen) atoms. The Hall–Kier alpha value is -2.64. The van der Waals surface area contributed by atoms with Crippen molar-refractivity contribution >= 4 is 23.1 Å². The third-order valence-electron chi connectivity index (χ3n) is 1.88. The second-order valence-corrected chi connectivity index (χ2v) is 2.94. The van der Waals surface area contributed by atoms with Gasteiger partial charge in [0, 0.05) is 6.07 Å². The van der Waals surface area contributed by atoms with Crippen LogP contribution in [-0.4, -0.2) is 16.7 Å². The minimum atomic E-state index is -0.774. The number of hydrogen-bond donors (Lipinski definition) is 2. The van der Waals surface area contributed by atoms with Crippen molar-refractivity contribution in [3.8, 4) is 5.75 Å². The summed E-state index contributed by atoms with van der Waals surface area (Å²) < 4.78 is 0. The second-order valence-electron chi connectivity index (χ2n) is 2.94. The molecular weight excluding hydrogens is 216 g/mol. The van der Waals surface area contributed by atoms with Crippen molar-refractivity contribution in [2.45, 2.75) is 0 Å². The molecule has 0 bridgehead atoms. The average molecular weight is 222 g/mol. The lowest BCUT2D eigenvalue weighted by Crippen LogP contribution is -2.39. The van der Waals surface area contributed by atoms with E-state index in [1.165, 1.54) is 18.2 Å². The first-order valence-electron chi connectivity index (χ1n) is 4.18. The number of nitrogens with zero attached hydrogens (tertiary/aromatic N) is 2. The maximum absolute atomic E-state index is 10.8. The molecule has 2 rings (SSSR count). The number of nitrogens with two attached hydrogens (primary N) is 1. The minimum Gasteiger partial charge on any atom is -0.378 e. The molecule has 82 valence electrons. The van der Waals surface area contributed by atoms with Crippen LogP contribution in [0.25, 0.3) is 0 Å². The van der Waals surface area contributed by atoms with E-state index in [9.17, 15) is 14.9 Å². The predicted octanol–water partition coefficient (Wildman–Crippen LogP) is 0.00710. The van der Waals surface area contributed by atoms with Crippen molar-refractivity contribution in [3.05, 3.63) is 28.3 Å². The molecule has 1 heterocycles. The minimum absolute atomic E-state index is 0.127. The van der Waals surface area contributed by atoms with E-state index in [0.717, 1.165) is 0 Å². The van der Waals surface area contributed by atoms with Gasteiger partial charge in [-0.1, -0.05) is 0 Å². The van der Waals surface area contributed by atoms with Crippen LogP contribution in [0.15, 0.2) is 23.2 Å². The SMILES string of the molecule is NC(=O)C1=Nc2ccc([N+](=O)[O-])cc2ON1. The maximum atomic E-state index is 10.8. The summed E-state index contributed by atoms with van der Waals surface area (Å²) in [4.78, 5) is 29.4. The Balaban J connectivity index is 2.43. The highest BCUT2D eigenvalue weighted by Gasteiger charge is 2.19. The van der Waals surface area contributed by atoms with Crippen LogP contribution in [0.4, 0.5) is 11.4 Å². The van der Waals surface area contributed by atoms with Gasteiger partial charge in [0.05, 0.1) is 11.0 Å². The van der Waals surface area contributed by atoms with Gasteiger partial charge < -0.3 is 10.6 Å². The topological polar surface area (TPSA) is 120 Å². The number of nitro groups is 1. The number of fused-ring (bicyclic) bond motifs is 1. The van der Waals surface area contributed by atoms with Crippen molar-refractivity contribution in [1.29, 1.82) is 0 Å². The monoisotopic (exact) mass is 222 g/mol. The second kappa shape index (κ2) is 3.50. The van der Waals surface area contributed by atoms with E-state index < -0.39 is 10.8 Å². The predicted molar refractivity (Wildman–Crippen MR) is 53.1 cm³/mol. The van der Waals surface area contributed by atoms with E-state index in [0.29, 0.717) is 5.69 Å².